The Bertz CT molecular complexity index is 629. The van der Waals surface area contributed by atoms with Crippen LogP contribution in [0, 0.1) is 5.82 Å². The van der Waals surface area contributed by atoms with Crippen molar-refractivity contribution in [3.05, 3.63) is 35.8 Å². The van der Waals surface area contributed by atoms with Gasteiger partial charge in [-0.15, -0.1) is 0 Å². The lowest BCUT2D eigenvalue weighted by molar-refractivity contribution is 0.0645. The number of carbonyl (C=O) groups is 1. The second-order valence-electron chi connectivity index (χ2n) is 5.12. The first-order valence-electron chi connectivity index (χ1n) is 6.97. The molecule has 106 valence electrons. The number of H-pyrrole nitrogens is 1. The topological polar surface area (TPSA) is 39.3 Å². The van der Waals surface area contributed by atoms with Gasteiger partial charge in [0.2, 0.25) is 0 Å². The Hall–Kier alpha value is -1.88. The van der Waals surface area contributed by atoms with Crippen molar-refractivity contribution in [1.82, 2.24) is 14.8 Å². The number of amides is 1. The lowest BCUT2D eigenvalue weighted by Crippen LogP contribution is -2.48. The number of hydrogen-bond acceptors (Lipinski definition) is 2. The molecule has 3 rings (SSSR count). The number of benzene rings is 1. The molecule has 0 atom stereocenters. The number of nitrogens with one attached hydrogen (secondary N) is 1. The van der Waals surface area contributed by atoms with Crippen LogP contribution in [0.5, 0.6) is 0 Å². The van der Waals surface area contributed by atoms with E-state index in [0.717, 1.165) is 38.2 Å². The third kappa shape index (κ3) is 2.29. The largest absolute Gasteiger partial charge is 0.360 e. The monoisotopic (exact) mass is 275 g/mol. The molecule has 1 N–H and O–H groups in total. The Morgan fingerprint density at radius 1 is 1.30 bits per heavy atom. The average molecular weight is 275 g/mol. The lowest BCUT2D eigenvalue weighted by atomic mass is 10.1. The van der Waals surface area contributed by atoms with Crippen molar-refractivity contribution < 1.29 is 9.18 Å². The zero-order valence-corrected chi connectivity index (χ0v) is 11.5. The third-order valence-corrected chi connectivity index (χ3v) is 3.98. The van der Waals surface area contributed by atoms with Crippen LogP contribution in [0.2, 0.25) is 0 Å². The van der Waals surface area contributed by atoms with Crippen molar-refractivity contribution >= 4 is 16.8 Å². The van der Waals surface area contributed by atoms with Gasteiger partial charge < -0.3 is 14.8 Å². The molecule has 0 saturated carbocycles. The standard InChI is InChI=1S/C15H18FN3O/c1-2-18-5-7-19(8-6-18)15(20)13-10-17-14-4-3-11(16)9-12(13)14/h3-4,9-10,17H,2,5-8H2,1H3. The van der Waals surface area contributed by atoms with Gasteiger partial charge in [0.25, 0.3) is 5.91 Å². The molecule has 1 fully saturated rings. The molecular weight excluding hydrogens is 257 g/mol. The third-order valence-electron chi connectivity index (χ3n) is 3.98. The average Bonchev–Trinajstić information content (AvgIpc) is 2.89. The zero-order chi connectivity index (χ0) is 14.1. The van der Waals surface area contributed by atoms with E-state index in [-0.39, 0.29) is 11.7 Å². The van der Waals surface area contributed by atoms with Gasteiger partial charge in [0.1, 0.15) is 5.82 Å². The highest BCUT2D eigenvalue weighted by atomic mass is 19.1. The van der Waals surface area contributed by atoms with Crippen molar-refractivity contribution in [2.24, 2.45) is 0 Å². The van der Waals surface area contributed by atoms with Crippen LogP contribution in [0.1, 0.15) is 17.3 Å². The van der Waals surface area contributed by atoms with Crippen LogP contribution in [0.3, 0.4) is 0 Å². The summed E-state index contributed by atoms with van der Waals surface area (Å²) in [5.74, 6) is -0.334. The van der Waals surface area contributed by atoms with Gasteiger partial charge in [-0.05, 0) is 24.7 Å². The molecule has 2 heterocycles. The SMILES string of the molecule is CCN1CCN(C(=O)c2c[nH]c3ccc(F)cc23)CC1. The summed E-state index contributed by atoms with van der Waals surface area (Å²) >= 11 is 0. The van der Waals surface area contributed by atoms with Gasteiger partial charge in [0.05, 0.1) is 5.56 Å². The predicted octanol–water partition coefficient (Wildman–Crippen LogP) is 2.08. The summed E-state index contributed by atoms with van der Waals surface area (Å²) in [6, 6.07) is 4.48. The van der Waals surface area contributed by atoms with E-state index >= 15 is 0 Å². The molecule has 5 heteroatoms. The Kier molecular flexibility index (Phi) is 3.44. The number of likely N-dealkylation sites (N-methyl/N-ethyl adjacent to an activating group) is 1. The summed E-state index contributed by atoms with van der Waals surface area (Å²) in [5.41, 5.74) is 1.35. The summed E-state index contributed by atoms with van der Waals surface area (Å²) in [6.45, 7) is 6.40. The van der Waals surface area contributed by atoms with E-state index in [9.17, 15) is 9.18 Å². The van der Waals surface area contributed by atoms with Crippen LogP contribution in [-0.4, -0.2) is 53.4 Å². The normalized spacial score (nSPS) is 16.8. The van der Waals surface area contributed by atoms with Gasteiger partial charge in [-0.25, -0.2) is 4.39 Å². The molecule has 0 aliphatic carbocycles. The number of fused-ring (bicyclic) bond motifs is 1. The van der Waals surface area contributed by atoms with Gasteiger partial charge in [-0.2, -0.15) is 0 Å². The minimum absolute atomic E-state index is 0.0161. The number of rotatable bonds is 2. The molecule has 20 heavy (non-hydrogen) atoms. The van der Waals surface area contributed by atoms with Crippen LogP contribution in [-0.2, 0) is 0 Å². The predicted molar refractivity (Wildman–Crippen MR) is 76.3 cm³/mol. The molecule has 1 aromatic carbocycles. The Balaban J connectivity index is 1.84. The molecule has 1 amide bonds. The first-order valence-corrected chi connectivity index (χ1v) is 6.97. The maximum atomic E-state index is 13.4. The van der Waals surface area contributed by atoms with Crippen molar-refractivity contribution in [1.29, 1.82) is 0 Å². The van der Waals surface area contributed by atoms with Crippen LogP contribution in [0.25, 0.3) is 10.9 Å². The maximum Gasteiger partial charge on any atom is 0.256 e. The summed E-state index contributed by atoms with van der Waals surface area (Å²) in [5, 5.41) is 0.660. The number of halogens is 1. The maximum absolute atomic E-state index is 13.4. The van der Waals surface area contributed by atoms with E-state index in [2.05, 4.69) is 16.8 Å². The second-order valence-corrected chi connectivity index (χ2v) is 5.12. The van der Waals surface area contributed by atoms with Crippen molar-refractivity contribution in [3.63, 3.8) is 0 Å². The molecule has 1 aromatic heterocycles. The molecule has 2 aromatic rings. The second kappa shape index (κ2) is 5.25. The quantitative estimate of drug-likeness (QED) is 0.911. The van der Waals surface area contributed by atoms with Gasteiger partial charge in [-0.1, -0.05) is 6.92 Å². The van der Waals surface area contributed by atoms with Gasteiger partial charge in [-0.3, -0.25) is 4.79 Å². The highest BCUT2D eigenvalue weighted by Gasteiger charge is 2.23. The number of piperazine rings is 1. The van der Waals surface area contributed by atoms with Gasteiger partial charge in [0.15, 0.2) is 0 Å². The summed E-state index contributed by atoms with van der Waals surface area (Å²) in [6.07, 6.45) is 1.68. The van der Waals surface area contributed by atoms with Crippen LogP contribution < -0.4 is 0 Å². The van der Waals surface area contributed by atoms with Gasteiger partial charge in [0, 0.05) is 43.3 Å². The molecule has 0 unspecified atom stereocenters. The first kappa shape index (κ1) is 13.1. The summed E-state index contributed by atoms with van der Waals surface area (Å²) in [4.78, 5) is 19.7. The number of nitrogens with zero attached hydrogens (tertiary/aromatic N) is 2. The molecule has 1 aliphatic rings. The minimum atomic E-state index is -0.318. The van der Waals surface area contributed by atoms with Crippen LogP contribution in [0.4, 0.5) is 4.39 Å². The smallest absolute Gasteiger partial charge is 0.256 e. The van der Waals surface area contributed by atoms with E-state index in [4.69, 9.17) is 0 Å². The van der Waals surface area contributed by atoms with Crippen LogP contribution in [0.15, 0.2) is 24.4 Å². The van der Waals surface area contributed by atoms with Crippen molar-refractivity contribution in [2.45, 2.75) is 6.92 Å². The molecule has 1 saturated heterocycles. The zero-order valence-electron chi connectivity index (χ0n) is 11.5. The fourth-order valence-electron chi connectivity index (χ4n) is 2.71. The molecule has 1 aliphatic heterocycles. The molecule has 0 spiro atoms. The fourth-order valence-corrected chi connectivity index (χ4v) is 2.71. The number of aromatic amines is 1. The Morgan fingerprint density at radius 3 is 2.75 bits per heavy atom. The molecule has 4 nitrogen and oxygen atoms in total. The van der Waals surface area contributed by atoms with E-state index in [1.54, 1.807) is 12.3 Å². The van der Waals surface area contributed by atoms with Gasteiger partial charge >= 0.3 is 0 Å². The number of carbonyl (C=O) groups excluding carboxylic acids is 1. The number of aromatic nitrogens is 1. The van der Waals surface area contributed by atoms with Crippen molar-refractivity contribution in [2.75, 3.05) is 32.7 Å². The minimum Gasteiger partial charge on any atom is -0.360 e. The van der Waals surface area contributed by atoms with Crippen LogP contribution >= 0.6 is 0 Å². The summed E-state index contributed by atoms with van der Waals surface area (Å²) in [7, 11) is 0. The first-order chi connectivity index (χ1) is 9.69. The van der Waals surface area contributed by atoms with E-state index in [1.807, 2.05) is 4.90 Å². The number of hydrogen-bond donors (Lipinski definition) is 1. The molecule has 0 radical (unpaired) electrons. The van der Waals surface area contributed by atoms with E-state index < -0.39 is 0 Å². The molecular formula is C15H18FN3O. The fraction of sp³-hybridized carbons (Fsp3) is 0.400. The summed E-state index contributed by atoms with van der Waals surface area (Å²) < 4.78 is 13.4. The Labute approximate surface area is 117 Å². The highest BCUT2D eigenvalue weighted by Crippen LogP contribution is 2.21. The highest BCUT2D eigenvalue weighted by molar-refractivity contribution is 6.06. The lowest BCUT2D eigenvalue weighted by Gasteiger charge is -2.34. The Morgan fingerprint density at radius 2 is 2.05 bits per heavy atom. The van der Waals surface area contributed by atoms with E-state index in [0.29, 0.717) is 10.9 Å². The van der Waals surface area contributed by atoms with Crippen molar-refractivity contribution in [3.8, 4) is 0 Å². The van der Waals surface area contributed by atoms with E-state index in [1.165, 1.54) is 12.1 Å². The molecule has 0 bridgehead atoms.